The molecule has 0 aromatic rings. The molecule has 2 aliphatic rings. The van der Waals surface area contributed by atoms with Crippen LogP contribution >= 0.6 is 0 Å². The molecule has 0 heterocycles. The fourth-order valence-corrected chi connectivity index (χ4v) is 4.77. The topological polar surface area (TPSA) is 49.7 Å². The number of ether oxygens (including phenoxy) is 1. The fraction of sp³-hybridized carbons (Fsp3) is 0.567. The average molecular weight is 453 g/mol. The van der Waals surface area contributed by atoms with Gasteiger partial charge in [0, 0.05) is 6.42 Å². The van der Waals surface area contributed by atoms with Crippen LogP contribution in [0.15, 0.2) is 76.6 Å². The summed E-state index contributed by atoms with van der Waals surface area (Å²) in [6.07, 6.45) is 12.4. The van der Waals surface area contributed by atoms with E-state index in [4.69, 9.17) is 4.74 Å². The predicted octanol–water partition coefficient (Wildman–Crippen LogP) is 6.97. The lowest BCUT2D eigenvalue weighted by atomic mass is 9.84. The third-order valence-corrected chi connectivity index (χ3v) is 6.43. The minimum Gasteiger partial charge on any atom is -0.392 e. The van der Waals surface area contributed by atoms with Crippen LogP contribution in [-0.4, -0.2) is 29.7 Å². The van der Waals surface area contributed by atoms with Crippen molar-refractivity contribution in [3.8, 4) is 0 Å². The number of hydrogen-bond donors (Lipinski definition) is 2. The number of hydrogen-bond acceptors (Lipinski definition) is 3. The zero-order valence-electron chi connectivity index (χ0n) is 21.4. The Balaban J connectivity index is 2.29. The smallest absolute Gasteiger partial charge is 0.154 e. The normalized spacial score (nSPS) is 23.8. The maximum atomic E-state index is 10.5. The van der Waals surface area contributed by atoms with E-state index in [1.54, 1.807) is 6.08 Å². The fourth-order valence-electron chi connectivity index (χ4n) is 4.77. The molecule has 0 bridgehead atoms. The molecule has 3 heteroatoms. The van der Waals surface area contributed by atoms with Gasteiger partial charge in [0.1, 0.15) is 0 Å². The van der Waals surface area contributed by atoms with E-state index in [1.165, 1.54) is 5.57 Å². The summed E-state index contributed by atoms with van der Waals surface area (Å²) in [4.78, 5) is 0. The van der Waals surface area contributed by atoms with E-state index >= 15 is 0 Å². The highest BCUT2D eigenvalue weighted by molar-refractivity contribution is 5.53. The minimum atomic E-state index is -0.727. The highest BCUT2D eigenvalue weighted by atomic mass is 16.6. The first-order chi connectivity index (χ1) is 15.5. The van der Waals surface area contributed by atoms with E-state index in [-0.39, 0.29) is 17.9 Å². The molecule has 0 saturated heterocycles. The van der Waals surface area contributed by atoms with Crippen LogP contribution in [0.1, 0.15) is 73.1 Å². The molecule has 3 unspecified atom stereocenters. The Morgan fingerprint density at radius 2 is 2.09 bits per heavy atom. The molecule has 2 aliphatic carbocycles. The molecule has 0 amide bonds. The molecule has 0 aliphatic heterocycles. The molecule has 0 aromatic carbocycles. The molecule has 3 nitrogen and oxygen atoms in total. The quantitative estimate of drug-likeness (QED) is 0.225. The van der Waals surface area contributed by atoms with Gasteiger partial charge in [-0.15, -0.1) is 5.73 Å². The van der Waals surface area contributed by atoms with Crippen molar-refractivity contribution in [2.24, 2.45) is 17.3 Å². The summed E-state index contributed by atoms with van der Waals surface area (Å²) in [6.45, 7) is 19.3. The standard InChI is InChI=1S/C30H44O3/c1-8-9-24-12-13-25-11-10-23(18-28(32)33-15-14-30(5,6)7)17-22(4)29(25)27(20-31)19-26(24)16-21(2)3/h8-9,12,19,22-23,28,31-32H,1-2,10-11,14-18,20H2,3-7H3. The van der Waals surface area contributed by atoms with Crippen LogP contribution < -0.4 is 0 Å². The van der Waals surface area contributed by atoms with Crippen LogP contribution in [0.2, 0.25) is 0 Å². The monoisotopic (exact) mass is 452 g/mol. The van der Waals surface area contributed by atoms with Crippen molar-refractivity contribution in [3.63, 3.8) is 0 Å². The maximum absolute atomic E-state index is 10.5. The van der Waals surface area contributed by atoms with Gasteiger partial charge in [0.2, 0.25) is 0 Å². The average Bonchev–Trinajstić information content (AvgIpc) is 2.84. The first-order valence-corrected chi connectivity index (χ1v) is 12.3. The highest BCUT2D eigenvalue weighted by Crippen LogP contribution is 2.40. The SMILES string of the molecule is C=CC=C1C=C=C2CCC(CC(O)OCCC(C)(C)C)CC(C)C2=C(CO)C=C1CC(=C)C. The van der Waals surface area contributed by atoms with E-state index in [0.29, 0.717) is 18.9 Å². The van der Waals surface area contributed by atoms with Crippen LogP contribution in [-0.2, 0) is 4.74 Å². The second kappa shape index (κ2) is 12.5. The number of aliphatic hydroxyl groups is 2. The largest absolute Gasteiger partial charge is 0.392 e. The van der Waals surface area contributed by atoms with Crippen molar-refractivity contribution in [1.29, 1.82) is 0 Å². The zero-order chi connectivity index (χ0) is 24.6. The number of allylic oxidation sites excluding steroid dienone is 7. The van der Waals surface area contributed by atoms with Gasteiger partial charge in [-0.3, -0.25) is 0 Å². The minimum absolute atomic E-state index is 0.00484. The Labute approximate surface area is 201 Å². The van der Waals surface area contributed by atoms with Crippen molar-refractivity contribution >= 4 is 0 Å². The highest BCUT2D eigenvalue weighted by Gasteiger charge is 2.28. The van der Waals surface area contributed by atoms with Gasteiger partial charge in [-0.05, 0) is 90.2 Å². The molecule has 1 fully saturated rings. The number of fused-ring (bicyclic) bond motifs is 1. The Morgan fingerprint density at radius 3 is 2.70 bits per heavy atom. The second-order valence-corrected chi connectivity index (χ2v) is 10.9. The van der Waals surface area contributed by atoms with Gasteiger partial charge < -0.3 is 14.9 Å². The molecule has 0 aromatic heterocycles. The van der Waals surface area contributed by atoms with Gasteiger partial charge in [-0.2, -0.15) is 0 Å². The van der Waals surface area contributed by atoms with Crippen molar-refractivity contribution < 1.29 is 14.9 Å². The van der Waals surface area contributed by atoms with Crippen molar-refractivity contribution in [3.05, 3.63) is 76.6 Å². The van der Waals surface area contributed by atoms with Crippen LogP contribution in [0.3, 0.4) is 0 Å². The Morgan fingerprint density at radius 1 is 1.36 bits per heavy atom. The van der Waals surface area contributed by atoms with Crippen LogP contribution in [0.5, 0.6) is 0 Å². The number of rotatable bonds is 9. The lowest BCUT2D eigenvalue weighted by molar-refractivity contribution is -0.116. The lowest BCUT2D eigenvalue weighted by Gasteiger charge is -2.24. The van der Waals surface area contributed by atoms with Gasteiger partial charge in [0.05, 0.1) is 13.2 Å². The van der Waals surface area contributed by atoms with Crippen molar-refractivity contribution in [2.75, 3.05) is 13.2 Å². The van der Waals surface area contributed by atoms with Crippen molar-refractivity contribution in [1.82, 2.24) is 0 Å². The summed E-state index contributed by atoms with van der Waals surface area (Å²) in [7, 11) is 0. The van der Waals surface area contributed by atoms with E-state index in [1.807, 2.05) is 13.0 Å². The van der Waals surface area contributed by atoms with Crippen molar-refractivity contribution in [2.45, 2.75) is 79.4 Å². The molecular formula is C30H44O3. The van der Waals surface area contributed by atoms with E-state index < -0.39 is 6.29 Å². The molecule has 0 spiro atoms. The lowest BCUT2D eigenvalue weighted by Crippen LogP contribution is -2.20. The molecule has 2 rings (SSSR count). The van der Waals surface area contributed by atoms with Gasteiger partial charge in [-0.25, -0.2) is 0 Å². The summed E-state index contributed by atoms with van der Waals surface area (Å²) in [5.74, 6) is 0.631. The van der Waals surface area contributed by atoms with E-state index in [0.717, 1.165) is 60.0 Å². The van der Waals surface area contributed by atoms with Gasteiger partial charge >= 0.3 is 0 Å². The third kappa shape index (κ3) is 8.76. The molecule has 1 saturated carbocycles. The zero-order valence-corrected chi connectivity index (χ0v) is 21.4. The van der Waals surface area contributed by atoms with Gasteiger partial charge in [0.25, 0.3) is 0 Å². The molecule has 182 valence electrons. The summed E-state index contributed by atoms with van der Waals surface area (Å²) >= 11 is 0. The third-order valence-electron chi connectivity index (χ3n) is 6.43. The molecule has 2 N–H and O–H groups in total. The summed E-state index contributed by atoms with van der Waals surface area (Å²) < 4.78 is 5.73. The maximum Gasteiger partial charge on any atom is 0.154 e. The molecular weight excluding hydrogens is 408 g/mol. The van der Waals surface area contributed by atoms with Gasteiger partial charge in [0.15, 0.2) is 6.29 Å². The Bertz CT molecular complexity index is 869. The van der Waals surface area contributed by atoms with Gasteiger partial charge in [-0.1, -0.05) is 64.7 Å². The molecule has 0 radical (unpaired) electrons. The summed E-state index contributed by atoms with van der Waals surface area (Å²) in [5, 5.41) is 20.8. The summed E-state index contributed by atoms with van der Waals surface area (Å²) in [5.41, 5.74) is 10.4. The van der Waals surface area contributed by atoms with E-state index in [9.17, 15) is 10.2 Å². The van der Waals surface area contributed by atoms with E-state index in [2.05, 4.69) is 58.7 Å². The Kier molecular flexibility index (Phi) is 10.4. The van der Waals surface area contributed by atoms with Crippen LogP contribution in [0.4, 0.5) is 0 Å². The number of aliphatic hydroxyl groups excluding tert-OH is 2. The molecule has 33 heavy (non-hydrogen) atoms. The Hall–Kier alpha value is -1.90. The van der Waals surface area contributed by atoms with Crippen LogP contribution in [0, 0.1) is 17.3 Å². The molecule has 3 atom stereocenters. The van der Waals surface area contributed by atoms with Crippen LogP contribution in [0.25, 0.3) is 0 Å². The first kappa shape index (κ1) is 27.3. The summed E-state index contributed by atoms with van der Waals surface area (Å²) in [6, 6.07) is 0. The first-order valence-electron chi connectivity index (χ1n) is 12.3. The second-order valence-electron chi connectivity index (χ2n) is 10.9. The predicted molar refractivity (Wildman–Crippen MR) is 139 cm³/mol.